The van der Waals surface area contributed by atoms with E-state index in [1.54, 1.807) is 25.1 Å². The highest BCUT2D eigenvalue weighted by molar-refractivity contribution is 5.88. The molecule has 2 aromatic rings. The van der Waals surface area contributed by atoms with E-state index < -0.39 is 11.9 Å². The molecule has 0 bridgehead atoms. The van der Waals surface area contributed by atoms with Crippen molar-refractivity contribution >= 4 is 11.8 Å². The van der Waals surface area contributed by atoms with Gasteiger partial charge >= 0.3 is 0 Å². The Labute approximate surface area is 178 Å². The van der Waals surface area contributed by atoms with Crippen molar-refractivity contribution in [1.82, 2.24) is 10.2 Å². The molecule has 2 unspecified atom stereocenters. The van der Waals surface area contributed by atoms with Crippen LogP contribution in [0.1, 0.15) is 43.9 Å². The SMILES string of the molecule is CCC(C)NC(=O)C(C)N(Cc1ccccc1F)C(=O)COc1cc(C)cc(C)c1. The number of aryl methyl sites for hydroxylation is 2. The maximum atomic E-state index is 14.2. The minimum absolute atomic E-state index is 0.0168. The molecule has 0 spiro atoms. The number of nitrogens with one attached hydrogen (secondary N) is 1. The summed E-state index contributed by atoms with van der Waals surface area (Å²) in [6.45, 7) is 9.16. The van der Waals surface area contributed by atoms with E-state index in [0.29, 0.717) is 11.3 Å². The molecule has 2 atom stereocenters. The largest absolute Gasteiger partial charge is 0.484 e. The van der Waals surface area contributed by atoms with Crippen molar-refractivity contribution in [1.29, 1.82) is 0 Å². The van der Waals surface area contributed by atoms with Gasteiger partial charge in [0.2, 0.25) is 5.91 Å². The highest BCUT2D eigenvalue weighted by Crippen LogP contribution is 2.18. The number of carbonyl (C=O) groups excluding carboxylic acids is 2. The van der Waals surface area contributed by atoms with Gasteiger partial charge in [-0.25, -0.2) is 4.39 Å². The Morgan fingerprint density at radius 2 is 1.73 bits per heavy atom. The van der Waals surface area contributed by atoms with Crippen LogP contribution in [0, 0.1) is 19.7 Å². The third-order valence-electron chi connectivity index (χ3n) is 5.02. The van der Waals surface area contributed by atoms with E-state index in [-0.39, 0.29) is 31.0 Å². The molecule has 2 rings (SSSR count). The third kappa shape index (κ3) is 6.58. The molecule has 2 aromatic carbocycles. The molecule has 0 saturated heterocycles. The molecule has 162 valence electrons. The normalized spacial score (nSPS) is 12.7. The quantitative estimate of drug-likeness (QED) is 0.671. The summed E-state index contributed by atoms with van der Waals surface area (Å²) < 4.78 is 19.9. The number of rotatable bonds is 9. The molecular formula is C24H31FN2O3. The Morgan fingerprint density at radius 1 is 1.10 bits per heavy atom. The van der Waals surface area contributed by atoms with Crippen LogP contribution < -0.4 is 10.1 Å². The number of benzene rings is 2. The zero-order valence-corrected chi connectivity index (χ0v) is 18.4. The molecule has 6 heteroatoms. The van der Waals surface area contributed by atoms with Crippen molar-refractivity contribution in [2.45, 2.75) is 59.7 Å². The third-order valence-corrected chi connectivity index (χ3v) is 5.02. The Morgan fingerprint density at radius 3 is 2.33 bits per heavy atom. The smallest absolute Gasteiger partial charge is 0.261 e. The van der Waals surface area contributed by atoms with Crippen LogP contribution in [0.3, 0.4) is 0 Å². The van der Waals surface area contributed by atoms with Crippen LogP contribution in [0.25, 0.3) is 0 Å². The number of hydrogen-bond acceptors (Lipinski definition) is 3. The molecule has 0 radical (unpaired) electrons. The summed E-state index contributed by atoms with van der Waals surface area (Å²) in [5.74, 6) is -0.492. The van der Waals surface area contributed by atoms with Gasteiger partial charge in [-0.2, -0.15) is 0 Å². The molecular weight excluding hydrogens is 383 g/mol. The topological polar surface area (TPSA) is 58.6 Å². The summed E-state index contributed by atoms with van der Waals surface area (Å²) >= 11 is 0. The molecule has 0 aliphatic carbocycles. The van der Waals surface area contributed by atoms with E-state index in [2.05, 4.69) is 5.32 Å². The number of ether oxygens (including phenoxy) is 1. The molecule has 0 aliphatic rings. The first-order valence-electron chi connectivity index (χ1n) is 10.3. The lowest BCUT2D eigenvalue weighted by atomic mass is 10.1. The maximum absolute atomic E-state index is 14.2. The zero-order valence-electron chi connectivity index (χ0n) is 18.4. The average Bonchev–Trinajstić information content (AvgIpc) is 2.70. The van der Waals surface area contributed by atoms with Crippen molar-refractivity contribution in [3.63, 3.8) is 0 Å². The number of carbonyl (C=O) groups is 2. The monoisotopic (exact) mass is 414 g/mol. The summed E-state index contributed by atoms with van der Waals surface area (Å²) in [7, 11) is 0. The van der Waals surface area contributed by atoms with Crippen LogP contribution in [-0.4, -0.2) is 35.4 Å². The Kier molecular flexibility index (Phi) is 8.39. The first-order valence-corrected chi connectivity index (χ1v) is 10.3. The Bertz CT molecular complexity index is 864. The summed E-state index contributed by atoms with van der Waals surface area (Å²) in [5, 5.41) is 2.89. The van der Waals surface area contributed by atoms with Gasteiger partial charge in [-0.1, -0.05) is 31.2 Å². The van der Waals surface area contributed by atoms with Crippen LogP contribution >= 0.6 is 0 Å². The molecule has 5 nitrogen and oxygen atoms in total. The lowest BCUT2D eigenvalue weighted by Gasteiger charge is -2.29. The Balaban J connectivity index is 2.19. The van der Waals surface area contributed by atoms with Gasteiger partial charge in [0.05, 0.1) is 0 Å². The lowest BCUT2D eigenvalue weighted by molar-refractivity contribution is -0.142. The van der Waals surface area contributed by atoms with Gasteiger partial charge in [-0.05, 0) is 63.4 Å². The molecule has 0 saturated carbocycles. The predicted molar refractivity (Wildman–Crippen MR) is 116 cm³/mol. The summed E-state index contributed by atoms with van der Waals surface area (Å²) in [5.41, 5.74) is 2.41. The molecule has 0 fully saturated rings. The molecule has 1 N–H and O–H groups in total. The molecule has 0 heterocycles. The lowest BCUT2D eigenvalue weighted by Crippen LogP contribution is -2.50. The summed E-state index contributed by atoms with van der Waals surface area (Å²) in [6.07, 6.45) is 0.773. The summed E-state index contributed by atoms with van der Waals surface area (Å²) in [6, 6.07) is 11.2. The van der Waals surface area contributed by atoms with Crippen LogP contribution in [-0.2, 0) is 16.1 Å². The number of halogens is 1. The standard InChI is InChI=1S/C24H31FN2O3/c1-6-18(4)26-24(29)19(5)27(14-20-9-7-8-10-22(20)25)23(28)15-30-21-12-16(2)11-17(3)13-21/h7-13,18-19H,6,14-15H2,1-5H3,(H,26,29). The van der Waals surface area contributed by atoms with Crippen LogP contribution in [0.15, 0.2) is 42.5 Å². The minimum atomic E-state index is -0.769. The van der Waals surface area contributed by atoms with Gasteiger partial charge in [0.1, 0.15) is 17.6 Å². The van der Waals surface area contributed by atoms with E-state index in [4.69, 9.17) is 4.74 Å². The number of hydrogen-bond donors (Lipinski definition) is 1. The van der Waals surface area contributed by atoms with Gasteiger partial charge in [0.15, 0.2) is 6.61 Å². The van der Waals surface area contributed by atoms with Crippen molar-refractivity contribution in [3.8, 4) is 5.75 Å². The predicted octanol–water partition coefficient (Wildman–Crippen LogP) is 4.15. The van der Waals surface area contributed by atoms with E-state index in [9.17, 15) is 14.0 Å². The second-order valence-electron chi connectivity index (χ2n) is 7.72. The van der Waals surface area contributed by atoms with E-state index in [1.807, 2.05) is 45.9 Å². The van der Waals surface area contributed by atoms with Gasteiger partial charge in [0.25, 0.3) is 5.91 Å². The average molecular weight is 415 g/mol. The molecule has 0 aliphatic heterocycles. The van der Waals surface area contributed by atoms with E-state index in [1.165, 1.54) is 11.0 Å². The zero-order chi connectivity index (χ0) is 22.3. The van der Waals surface area contributed by atoms with Crippen LogP contribution in [0.4, 0.5) is 4.39 Å². The second-order valence-corrected chi connectivity index (χ2v) is 7.72. The fraction of sp³-hybridized carbons (Fsp3) is 0.417. The van der Waals surface area contributed by atoms with Crippen LogP contribution in [0.5, 0.6) is 5.75 Å². The van der Waals surface area contributed by atoms with Gasteiger partial charge in [-0.15, -0.1) is 0 Å². The van der Waals surface area contributed by atoms with Gasteiger partial charge < -0.3 is 15.0 Å². The van der Waals surface area contributed by atoms with Crippen LogP contribution in [0.2, 0.25) is 0 Å². The maximum Gasteiger partial charge on any atom is 0.261 e. The van der Waals surface area contributed by atoms with Crippen molar-refractivity contribution < 1.29 is 18.7 Å². The number of amides is 2. The van der Waals surface area contributed by atoms with Gasteiger partial charge in [-0.3, -0.25) is 9.59 Å². The highest BCUT2D eigenvalue weighted by atomic mass is 19.1. The fourth-order valence-corrected chi connectivity index (χ4v) is 3.10. The fourth-order valence-electron chi connectivity index (χ4n) is 3.10. The summed E-state index contributed by atoms with van der Waals surface area (Å²) in [4.78, 5) is 27.0. The first-order chi connectivity index (χ1) is 14.2. The molecule has 0 aromatic heterocycles. The molecule has 30 heavy (non-hydrogen) atoms. The highest BCUT2D eigenvalue weighted by Gasteiger charge is 2.27. The van der Waals surface area contributed by atoms with Crippen molar-refractivity contribution in [3.05, 3.63) is 65.0 Å². The Hall–Kier alpha value is -2.89. The second kappa shape index (κ2) is 10.8. The molecule has 2 amide bonds. The van der Waals surface area contributed by atoms with E-state index in [0.717, 1.165) is 17.5 Å². The van der Waals surface area contributed by atoms with Gasteiger partial charge in [0, 0.05) is 18.2 Å². The number of nitrogens with zero attached hydrogens (tertiary/aromatic N) is 1. The van der Waals surface area contributed by atoms with E-state index >= 15 is 0 Å². The first kappa shape index (κ1) is 23.4. The van der Waals surface area contributed by atoms with Crippen molar-refractivity contribution in [2.75, 3.05) is 6.61 Å². The minimum Gasteiger partial charge on any atom is -0.484 e. The van der Waals surface area contributed by atoms with Crippen molar-refractivity contribution in [2.24, 2.45) is 0 Å².